The van der Waals surface area contributed by atoms with Crippen LogP contribution in [0.1, 0.15) is 18.5 Å². The van der Waals surface area contributed by atoms with E-state index in [1.54, 1.807) is 6.92 Å². The molecular weight excluding hydrogens is 230 g/mol. The Kier molecular flexibility index (Phi) is 3.82. The van der Waals surface area contributed by atoms with Crippen molar-refractivity contribution in [1.82, 2.24) is 10.2 Å². The summed E-state index contributed by atoms with van der Waals surface area (Å²) in [5.41, 5.74) is 1.18. The second-order valence-electron chi connectivity index (χ2n) is 4.05. The van der Waals surface area contributed by atoms with Gasteiger partial charge in [-0.15, -0.1) is 0 Å². The topological polar surface area (TPSA) is 53.9 Å². The maximum absolute atomic E-state index is 11.3. The van der Waals surface area contributed by atoms with E-state index >= 15 is 0 Å². The maximum atomic E-state index is 11.3. The van der Waals surface area contributed by atoms with Crippen LogP contribution < -0.4 is 5.32 Å². The quantitative estimate of drug-likeness (QED) is 0.866. The fraction of sp³-hybridized carbons (Fsp3) is 0.385. The molecule has 1 aliphatic rings. The van der Waals surface area contributed by atoms with Gasteiger partial charge in [0.05, 0.1) is 19.2 Å². The molecule has 0 aliphatic carbocycles. The summed E-state index contributed by atoms with van der Waals surface area (Å²) in [6.07, 6.45) is -0.461. The van der Waals surface area contributed by atoms with Crippen LogP contribution in [0.25, 0.3) is 0 Å². The van der Waals surface area contributed by atoms with Crippen molar-refractivity contribution in [1.29, 1.82) is 0 Å². The summed E-state index contributed by atoms with van der Waals surface area (Å²) >= 11 is 0. The smallest absolute Gasteiger partial charge is 0.413 e. The zero-order valence-electron chi connectivity index (χ0n) is 10.6. The zero-order chi connectivity index (χ0) is 13.0. The first kappa shape index (κ1) is 12.4. The van der Waals surface area contributed by atoms with Gasteiger partial charge >= 0.3 is 6.09 Å². The minimum atomic E-state index is -0.461. The van der Waals surface area contributed by atoms with Crippen molar-refractivity contribution in [3.8, 4) is 0 Å². The zero-order valence-corrected chi connectivity index (χ0v) is 10.6. The van der Waals surface area contributed by atoms with Crippen LogP contribution in [-0.2, 0) is 4.74 Å². The van der Waals surface area contributed by atoms with Crippen LogP contribution in [0.2, 0.25) is 0 Å². The number of nitrogens with one attached hydrogen (secondary N) is 1. The molecule has 96 valence electrons. The molecule has 0 fully saturated rings. The number of alkyl carbamates (subject to hydrolysis) is 1. The summed E-state index contributed by atoms with van der Waals surface area (Å²) in [6, 6.07) is 10.3. The van der Waals surface area contributed by atoms with E-state index in [9.17, 15) is 4.79 Å². The molecule has 2 rings (SSSR count). The van der Waals surface area contributed by atoms with Crippen molar-refractivity contribution in [2.75, 3.05) is 20.2 Å². The average molecular weight is 247 g/mol. The molecule has 1 aliphatic heterocycles. The number of carbonyl (C=O) groups excluding carboxylic acids is 1. The van der Waals surface area contributed by atoms with Crippen LogP contribution in [0.3, 0.4) is 0 Å². The Hall–Kier alpha value is -2.04. The number of guanidine groups is 1. The summed E-state index contributed by atoms with van der Waals surface area (Å²) in [6.45, 7) is 2.76. The van der Waals surface area contributed by atoms with Gasteiger partial charge in [-0.1, -0.05) is 30.3 Å². The highest BCUT2D eigenvalue weighted by Gasteiger charge is 2.26. The van der Waals surface area contributed by atoms with E-state index in [-0.39, 0.29) is 6.04 Å². The minimum absolute atomic E-state index is 0.170. The highest BCUT2D eigenvalue weighted by atomic mass is 16.5. The first-order valence-corrected chi connectivity index (χ1v) is 5.98. The van der Waals surface area contributed by atoms with Crippen LogP contribution >= 0.6 is 0 Å². The Morgan fingerprint density at radius 1 is 1.50 bits per heavy atom. The highest BCUT2D eigenvalue weighted by Crippen LogP contribution is 2.23. The van der Waals surface area contributed by atoms with Crippen molar-refractivity contribution >= 4 is 12.1 Å². The Bertz CT molecular complexity index is 445. The molecule has 0 saturated heterocycles. The number of ether oxygens (including phenoxy) is 1. The molecule has 1 atom stereocenters. The third kappa shape index (κ3) is 2.61. The molecule has 5 heteroatoms. The normalized spacial score (nSPS) is 18.4. The number of rotatable bonds is 2. The Labute approximate surface area is 106 Å². The Morgan fingerprint density at radius 3 is 2.89 bits per heavy atom. The molecule has 0 bridgehead atoms. The van der Waals surface area contributed by atoms with Crippen LogP contribution in [0.4, 0.5) is 4.79 Å². The number of nitrogens with zero attached hydrogens (tertiary/aromatic N) is 2. The molecule has 1 N–H and O–H groups in total. The van der Waals surface area contributed by atoms with Crippen molar-refractivity contribution < 1.29 is 9.53 Å². The SMILES string of the molecule is CCOC(=O)NC1=NCC(c2ccccc2)N1C. The van der Waals surface area contributed by atoms with Crippen LogP contribution in [0.5, 0.6) is 0 Å². The van der Waals surface area contributed by atoms with Crippen molar-refractivity contribution in [2.24, 2.45) is 4.99 Å². The molecular formula is C13H17N3O2. The molecule has 1 unspecified atom stereocenters. The molecule has 1 aromatic rings. The van der Waals surface area contributed by atoms with Gasteiger partial charge in [-0.25, -0.2) is 4.79 Å². The van der Waals surface area contributed by atoms with Gasteiger partial charge in [-0.2, -0.15) is 0 Å². The molecule has 18 heavy (non-hydrogen) atoms. The third-order valence-corrected chi connectivity index (χ3v) is 2.89. The molecule has 5 nitrogen and oxygen atoms in total. The van der Waals surface area contributed by atoms with Gasteiger partial charge in [-0.05, 0) is 12.5 Å². The van der Waals surface area contributed by atoms with E-state index in [4.69, 9.17) is 4.74 Å². The molecule has 0 spiro atoms. The average Bonchev–Trinajstić information content (AvgIpc) is 2.72. The summed E-state index contributed by atoms with van der Waals surface area (Å²) in [5.74, 6) is 0.558. The summed E-state index contributed by atoms with van der Waals surface area (Å²) < 4.78 is 4.84. The molecule has 0 radical (unpaired) electrons. The molecule has 1 aromatic carbocycles. The lowest BCUT2D eigenvalue weighted by molar-refractivity contribution is 0.156. The lowest BCUT2D eigenvalue weighted by atomic mass is 10.1. The Morgan fingerprint density at radius 2 is 2.22 bits per heavy atom. The number of likely N-dealkylation sites (N-methyl/N-ethyl adjacent to an activating group) is 1. The predicted octanol–water partition coefficient (Wildman–Crippen LogP) is 1.78. The van der Waals surface area contributed by atoms with E-state index in [1.807, 2.05) is 30.1 Å². The van der Waals surface area contributed by atoms with Gasteiger partial charge in [0.1, 0.15) is 0 Å². The maximum Gasteiger partial charge on any atom is 0.413 e. The second kappa shape index (κ2) is 5.53. The molecule has 1 amide bonds. The van der Waals surface area contributed by atoms with Gasteiger partial charge in [0.15, 0.2) is 0 Å². The number of benzene rings is 1. The monoisotopic (exact) mass is 247 g/mol. The first-order valence-electron chi connectivity index (χ1n) is 5.98. The van der Waals surface area contributed by atoms with Crippen LogP contribution in [-0.4, -0.2) is 37.2 Å². The number of hydrogen-bond donors (Lipinski definition) is 1. The minimum Gasteiger partial charge on any atom is -0.450 e. The third-order valence-electron chi connectivity index (χ3n) is 2.89. The number of hydrogen-bond acceptors (Lipinski definition) is 4. The van der Waals surface area contributed by atoms with Crippen molar-refractivity contribution in [2.45, 2.75) is 13.0 Å². The fourth-order valence-electron chi connectivity index (χ4n) is 1.94. The van der Waals surface area contributed by atoms with Gasteiger partial charge < -0.3 is 9.64 Å². The number of carbonyl (C=O) groups is 1. The summed E-state index contributed by atoms with van der Waals surface area (Å²) in [7, 11) is 1.91. The van der Waals surface area contributed by atoms with Gasteiger partial charge in [0.2, 0.25) is 5.96 Å². The fourth-order valence-corrected chi connectivity index (χ4v) is 1.94. The van der Waals surface area contributed by atoms with E-state index in [0.717, 1.165) is 0 Å². The first-order chi connectivity index (χ1) is 8.72. The van der Waals surface area contributed by atoms with Gasteiger partial charge in [0, 0.05) is 7.05 Å². The number of aliphatic imine (C=N–C) groups is 1. The van der Waals surface area contributed by atoms with E-state index in [0.29, 0.717) is 19.1 Å². The Balaban J connectivity index is 2.00. The standard InChI is InChI=1S/C13H17N3O2/c1-3-18-13(17)15-12-14-9-11(16(12)2)10-7-5-4-6-8-10/h4-8,11H,3,9H2,1-2H3,(H,14,15,17). The van der Waals surface area contributed by atoms with E-state index < -0.39 is 6.09 Å². The van der Waals surface area contributed by atoms with Crippen molar-refractivity contribution in [3.63, 3.8) is 0 Å². The molecule has 1 heterocycles. The van der Waals surface area contributed by atoms with Gasteiger partial charge in [-0.3, -0.25) is 10.3 Å². The number of amides is 1. The van der Waals surface area contributed by atoms with Crippen LogP contribution in [0.15, 0.2) is 35.3 Å². The van der Waals surface area contributed by atoms with E-state index in [2.05, 4.69) is 22.4 Å². The largest absolute Gasteiger partial charge is 0.450 e. The summed E-state index contributed by atoms with van der Waals surface area (Å²) in [5, 5.41) is 2.64. The highest BCUT2D eigenvalue weighted by molar-refractivity contribution is 5.94. The summed E-state index contributed by atoms with van der Waals surface area (Å²) in [4.78, 5) is 17.6. The lowest BCUT2D eigenvalue weighted by Crippen LogP contribution is -2.40. The second-order valence-corrected chi connectivity index (χ2v) is 4.05. The van der Waals surface area contributed by atoms with Gasteiger partial charge in [0.25, 0.3) is 0 Å². The van der Waals surface area contributed by atoms with Crippen molar-refractivity contribution in [3.05, 3.63) is 35.9 Å². The van der Waals surface area contributed by atoms with Crippen LogP contribution in [0, 0.1) is 0 Å². The predicted molar refractivity (Wildman–Crippen MR) is 69.4 cm³/mol. The molecule has 0 aromatic heterocycles. The van der Waals surface area contributed by atoms with E-state index in [1.165, 1.54) is 5.56 Å². The lowest BCUT2D eigenvalue weighted by Gasteiger charge is -2.23. The molecule has 0 saturated carbocycles.